The molecule has 23 nitrogen and oxygen atoms in total. The largest absolute Gasteiger partial charge is 0.472 e. The second kappa shape index (κ2) is 19.3. The Kier molecular flexibility index (Phi) is 19.9. The first-order valence-electron chi connectivity index (χ1n) is 10.4. The molecule has 0 aliphatic rings. The van der Waals surface area contributed by atoms with Gasteiger partial charge in [-0.1, -0.05) is 0 Å². The molecule has 0 saturated carbocycles. The minimum Gasteiger partial charge on any atom is -0.388 e. The van der Waals surface area contributed by atoms with E-state index in [1.165, 1.54) is 0 Å². The van der Waals surface area contributed by atoms with Gasteiger partial charge in [-0.2, -0.15) is 0 Å². The van der Waals surface area contributed by atoms with E-state index in [4.69, 9.17) is 45.1 Å². The number of hydrogen-bond acceptors (Lipinski definition) is 18. The summed E-state index contributed by atoms with van der Waals surface area (Å²) >= 11 is 0. The zero-order valence-electron chi connectivity index (χ0n) is 20.4. The third-order valence-corrected chi connectivity index (χ3v) is 5.94. The lowest BCUT2D eigenvalue weighted by Gasteiger charge is -2.22. The summed E-state index contributed by atoms with van der Waals surface area (Å²) in [4.78, 5) is 74.8. The second-order valence-electron chi connectivity index (χ2n) is 7.41. The lowest BCUT2D eigenvalue weighted by molar-refractivity contribution is -0.142. The predicted octanol–water partition coefficient (Wildman–Crippen LogP) is -6.82. The van der Waals surface area contributed by atoms with Crippen molar-refractivity contribution in [3.05, 3.63) is 0 Å². The zero-order valence-corrected chi connectivity index (χ0v) is 23.1. The number of aliphatic hydroxyl groups excluding tert-OH is 8. The van der Waals surface area contributed by atoms with Crippen molar-refractivity contribution < 1.29 is 111 Å². The average molecular weight is 672 g/mol. The molecule has 0 amide bonds. The van der Waals surface area contributed by atoms with Crippen LogP contribution in [0.3, 0.4) is 0 Å². The normalized spacial score (nSPS) is 18.9. The number of Topliss-reactive ketones (excluding diaryl/α,β-unsaturated/α-hetero) is 2. The molecule has 0 fully saturated rings. The molecule has 41 heavy (non-hydrogen) atoms. The van der Waals surface area contributed by atoms with Crippen molar-refractivity contribution >= 4 is 41.3 Å². The number of aliphatic hydroxyl groups is 8. The van der Waals surface area contributed by atoms with Gasteiger partial charge in [0.15, 0.2) is 17.9 Å². The van der Waals surface area contributed by atoms with Crippen LogP contribution < -0.4 is 0 Å². The van der Waals surface area contributed by atoms with Crippen LogP contribution in [0.2, 0.25) is 0 Å². The molecule has 8 atom stereocenters. The molecular weight excluding hydrogens is 641 g/mol. The quantitative estimate of drug-likeness (QED) is 0.0422. The van der Waals surface area contributed by atoms with Crippen LogP contribution in [0.5, 0.6) is 0 Å². The van der Waals surface area contributed by atoms with Crippen LogP contribution >= 0.6 is 23.5 Å². The molecular formula is C15H31O23P3. The second-order valence-corrected chi connectivity index (χ2v) is 11.3. The Morgan fingerprint density at radius 3 is 1.49 bits per heavy atom. The highest BCUT2D eigenvalue weighted by Crippen LogP contribution is 2.43. The van der Waals surface area contributed by atoms with E-state index in [1.54, 1.807) is 0 Å². The lowest BCUT2D eigenvalue weighted by atomic mass is 10.1. The minimum absolute atomic E-state index is 0.0695. The van der Waals surface area contributed by atoms with Gasteiger partial charge in [-0.3, -0.25) is 27.7 Å². The summed E-state index contributed by atoms with van der Waals surface area (Å²) in [6.07, 6.45) is -14.3. The van der Waals surface area contributed by atoms with E-state index >= 15 is 0 Å². The molecule has 244 valence electrons. The molecule has 0 bridgehead atoms. The summed E-state index contributed by atoms with van der Waals surface area (Å²) in [5.41, 5.74) is 0. The highest BCUT2D eigenvalue weighted by molar-refractivity contribution is 7.47. The van der Waals surface area contributed by atoms with E-state index in [2.05, 4.69) is 18.1 Å². The van der Waals surface area contributed by atoms with E-state index < -0.39 is 111 Å². The maximum absolute atomic E-state index is 11.6. The number of phosphoric acid groups is 3. The van der Waals surface area contributed by atoms with Gasteiger partial charge >= 0.3 is 23.5 Å². The fraction of sp³-hybridized carbons (Fsp3) is 0.800. The fourth-order valence-corrected chi connectivity index (χ4v) is 3.27. The number of hydrogen-bond donors (Lipinski definition) is 13. The monoisotopic (exact) mass is 672 g/mol. The Balaban J connectivity index is 0. The highest BCUT2D eigenvalue weighted by Gasteiger charge is 2.34. The summed E-state index contributed by atoms with van der Waals surface area (Å²) in [5.74, 6) is -2.49. The number of phosphoric ester groups is 3. The van der Waals surface area contributed by atoms with Gasteiger partial charge < -0.3 is 70.1 Å². The molecule has 0 rings (SSSR count). The van der Waals surface area contributed by atoms with E-state index in [0.29, 0.717) is 0 Å². The van der Waals surface area contributed by atoms with Crippen molar-refractivity contribution in [2.24, 2.45) is 0 Å². The maximum Gasteiger partial charge on any atom is 0.472 e. The van der Waals surface area contributed by atoms with Gasteiger partial charge in [0.25, 0.3) is 0 Å². The summed E-state index contributed by atoms with van der Waals surface area (Å²) in [6.45, 7) is -5.36. The molecule has 0 aliphatic carbocycles. The van der Waals surface area contributed by atoms with Crippen molar-refractivity contribution in [3.8, 4) is 0 Å². The molecule has 0 aromatic rings. The maximum atomic E-state index is 11.6. The van der Waals surface area contributed by atoms with E-state index in [0.717, 1.165) is 0 Å². The SMILES string of the molecule is O=C(CO)[C@@H](O)[C@H](O)COP(=O)(O)O.O=C[C@H](O)[C@H](O)COP(=O)(O)OCC(=O)[C@@H](O)[C@H](O)[C@H](O)COP(=O)(O)O. The molecule has 0 aliphatic heterocycles. The Morgan fingerprint density at radius 1 is 0.634 bits per heavy atom. The Labute approximate surface area is 229 Å². The number of aldehydes is 1. The van der Waals surface area contributed by atoms with E-state index in [9.17, 15) is 48.3 Å². The number of rotatable bonds is 20. The van der Waals surface area contributed by atoms with Gasteiger partial charge in [0.1, 0.15) is 55.9 Å². The minimum atomic E-state index is -4.98. The van der Waals surface area contributed by atoms with Crippen molar-refractivity contribution in [2.75, 3.05) is 33.0 Å². The molecule has 1 unspecified atom stereocenters. The molecule has 0 heterocycles. The van der Waals surface area contributed by atoms with Gasteiger partial charge in [0.2, 0.25) is 0 Å². The van der Waals surface area contributed by atoms with Crippen LogP contribution in [0.25, 0.3) is 0 Å². The average Bonchev–Trinajstić information content (AvgIpc) is 2.89. The smallest absolute Gasteiger partial charge is 0.388 e. The number of carbonyl (C=O) groups excluding carboxylic acids is 3. The van der Waals surface area contributed by atoms with Crippen LogP contribution in [0.4, 0.5) is 0 Å². The molecule has 0 aromatic carbocycles. The summed E-state index contributed by atoms with van der Waals surface area (Å²) in [7, 11) is -14.7. The van der Waals surface area contributed by atoms with Crippen molar-refractivity contribution in [2.45, 2.75) is 42.7 Å². The van der Waals surface area contributed by atoms with Gasteiger partial charge in [-0.25, -0.2) is 13.7 Å². The van der Waals surface area contributed by atoms with E-state index in [1.807, 2.05) is 0 Å². The van der Waals surface area contributed by atoms with Crippen molar-refractivity contribution in [1.82, 2.24) is 0 Å². The summed E-state index contributed by atoms with van der Waals surface area (Å²) < 4.78 is 48.1. The third-order valence-electron chi connectivity index (χ3n) is 4.04. The summed E-state index contributed by atoms with van der Waals surface area (Å²) in [6, 6.07) is 0. The predicted molar refractivity (Wildman–Crippen MR) is 123 cm³/mol. The Bertz CT molecular complexity index is 947. The van der Waals surface area contributed by atoms with Crippen LogP contribution in [-0.2, 0) is 46.2 Å². The lowest BCUT2D eigenvalue weighted by Crippen LogP contribution is -2.45. The number of carbonyl (C=O) groups is 3. The fourth-order valence-electron chi connectivity index (χ4n) is 1.87. The standard InChI is InChI=1S/C10H20O15P2.C5H11O8P/c11-1-5(12)6(13)2-24-27(21,22)25-4-8(15)10(17)9(16)7(14)3-23-26(18,19)20;6-1-3(7)5(9)4(8)2-13-14(10,11)12/h1,5-7,9-10,12-14,16-17H,2-4H2,(H,21,22)(H2,18,19,20);4-6,8-9H,1-2H2,(H2,10,11,12)/t5-,6+,7+,9+,10+;4-,5-/m01/s1. The first-order chi connectivity index (χ1) is 18.5. The van der Waals surface area contributed by atoms with Gasteiger partial charge in [0.05, 0.1) is 19.8 Å². The first-order valence-corrected chi connectivity index (χ1v) is 14.9. The Morgan fingerprint density at radius 2 is 1.07 bits per heavy atom. The molecule has 26 heteroatoms. The van der Waals surface area contributed by atoms with Crippen LogP contribution in [-0.4, -0.2) is 159 Å². The van der Waals surface area contributed by atoms with Crippen molar-refractivity contribution in [3.63, 3.8) is 0 Å². The van der Waals surface area contributed by atoms with Crippen LogP contribution in [0.1, 0.15) is 0 Å². The highest BCUT2D eigenvalue weighted by atomic mass is 31.2. The molecule has 0 aromatic heterocycles. The zero-order chi connectivity index (χ0) is 32.8. The van der Waals surface area contributed by atoms with Gasteiger partial charge in [-0.05, 0) is 0 Å². The number of ketones is 2. The van der Waals surface area contributed by atoms with Crippen molar-refractivity contribution in [1.29, 1.82) is 0 Å². The molecule has 13 N–H and O–H groups in total. The van der Waals surface area contributed by atoms with Crippen LogP contribution in [0, 0.1) is 0 Å². The third kappa shape index (κ3) is 20.5. The Hall–Kier alpha value is -0.980. The van der Waals surface area contributed by atoms with Crippen LogP contribution in [0.15, 0.2) is 0 Å². The molecule has 0 radical (unpaired) electrons. The topological polar surface area (TPSA) is 402 Å². The molecule has 0 spiro atoms. The molecule has 0 saturated heterocycles. The summed E-state index contributed by atoms with van der Waals surface area (Å²) in [5, 5.41) is 72.5. The van der Waals surface area contributed by atoms with Gasteiger partial charge in [-0.15, -0.1) is 0 Å². The van der Waals surface area contributed by atoms with Gasteiger partial charge in [0, 0.05) is 0 Å². The van der Waals surface area contributed by atoms with E-state index in [-0.39, 0.29) is 6.29 Å². The first kappa shape index (κ1) is 42.2.